The lowest BCUT2D eigenvalue weighted by Gasteiger charge is -2.41. The van der Waals surface area contributed by atoms with Crippen molar-refractivity contribution in [1.29, 1.82) is 0 Å². The zero-order valence-electron chi connectivity index (χ0n) is 10.6. The molecule has 0 bridgehead atoms. The van der Waals surface area contributed by atoms with Crippen LogP contribution in [-0.2, 0) is 11.8 Å². The molecule has 1 aliphatic carbocycles. The summed E-state index contributed by atoms with van der Waals surface area (Å²) in [6.45, 7) is 5.52. The van der Waals surface area contributed by atoms with Crippen LogP contribution in [0.2, 0.25) is 0 Å². The van der Waals surface area contributed by atoms with E-state index < -0.39 is 0 Å². The van der Waals surface area contributed by atoms with Crippen molar-refractivity contribution in [3.05, 3.63) is 15.6 Å². The zero-order valence-corrected chi connectivity index (χ0v) is 11.4. The first-order chi connectivity index (χ1) is 7.72. The van der Waals surface area contributed by atoms with Crippen LogP contribution in [0.1, 0.15) is 48.2 Å². The highest BCUT2D eigenvalue weighted by atomic mass is 32.1. The van der Waals surface area contributed by atoms with Gasteiger partial charge in [-0.3, -0.25) is 0 Å². The van der Waals surface area contributed by atoms with E-state index in [0.717, 1.165) is 13.0 Å². The van der Waals surface area contributed by atoms with Crippen LogP contribution < -0.4 is 5.32 Å². The van der Waals surface area contributed by atoms with E-state index in [1.54, 1.807) is 4.88 Å². The summed E-state index contributed by atoms with van der Waals surface area (Å²) in [5.41, 5.74) is 1.70. The lowest BCUT2D eigenvalue weighted by atomic mass is 9.67. The molecule has 2 rings (SSSR count). The van der Waals surface area contributed by atoms with Gasteiger partial charge in [-0.05, 0) is 39.7 Å². The molecule has 0 unspecified atom stereocenters. The van der Waals surface area contributed by atoms with Crippen LogP contribution in [0.3, 0.4) is 0 Å². The summed E-state index contributed by atoms with van der Waals surface area (Å²) in [6.07, 6.45) is 6.39. The molecule has 0 aromatic carbocycles. The summed E-state index contributed by atoms with van der Waals surface area (Å²) in [4.78, 5) is 6.27. The Morgan fingerprint density at radius 1 is 1.44 bits per heavy atom. The van der Waals surface area contributed by atoms with Crippen LogP contribution >= 0.6 is 11.3 Å². The second kappa shape index (κ2) is 4.84. The normalized spacial score (nSPS) is 18.4. The van der Waals surface area contributed by atoms with Crippen LogP contribution in [0.25, 0.3) is 0 Å². The molecule has 3 heteroatoms. The summed E-state index contributed by atoms with van der Waals surface area (Å²) in [5.74, 6) is 0. The smallest absolute Gasteiger partial charge is 0.0931 e. The first-order valence-electron chi connectivity index (χ1n) is 6.33. The van der Waals surface area contributed by atoms with Crippen molar-refractivity contribution in [3.8, 4) is 0 Å². The van der Waals surface area contributed by atoms with Gasteiger partial charge in [-0.15, -0.1) is 11.3 Å². The van der Waals surface area contributed by atoms with Gasteiger partial charge >= 0.3 is 0 Å². The van der Waals surface area contributed by atoms with Crippen LogP contribution in [0.15, 0.2) is 0 Å². The summed E-state index contributed by atoms with van der Waals surface area (Å²) in [6, 6.07) is 0. The van der Waals surface area contributed by atoms with Crippen molar-refractivity contribution in [1.82, 2.24) is 10.3 Å². The fourth-order valence-electron chi connectivity index (χ4n) is 2.69. The molecule has 1 aliphatic rings. The monoisotopic (exact) mass is 238 g/mol. The summed E-state index contributed by atoms with van der Waals surface area (Å²) < 4.78 is 0. The molecular formula is C13H22N2S. The Morgan fingerprint density at radius 2 is 2.19 bits per heavy atom. The van der Waals surface area contributed by atoms with Crippen molar-refractivity contribution in [2.45, 2.75) is 51.4 Å². The third kappa shape index (κ3) is 2.03. The van der Waals surface area contributed by atoms with Crippen molar-refractivity contribution < 1.29 is 0 Å². The number of rotatable bonds is 5. The molecule has 0 radical (unpaired) electrons. The number of aryl methyl sites for hydroxylation is 2. The molecule has 2 nitrogen and oxygen atoms in total. The second-order valence-corrected chi connectivity index (χ2v) is 6.02. The third-order valence-electron chi connectivity index (χ3n) is 3.61. The fraction of sp³-hybridized carbons (Fsp3) is 0.769. The third-order valence-corrected chi connectivity index (χ3v) is 5.08. The second-order valence-electron chi connectivity index (χ2n) is 4.94. The molecule has 1 fully saturated rings. The van der Waals surface area contributed by atoms with Crippen LogP contribution in [-0.4, -0.2) is 18.6 Å². The molecule has 1 aromatic rings. The van der Waals surface area contributed by atoms with Crippen LogP contribution in [0.4, 0.5) is 0 Å². The van der Waals surface area contributed by atoms with E-state index in [0.29, 0.717) is 5.41 Å². The fourth-order valence-corrected chi connectivity index (χ4v) is 4.10. The average Bonchev–Trinajstić information content (AvgIpc) is 2.54. The van der Waals surface area contributed by atoms with Gasteiger partial charge in [0, 0.05) is 16.8 Å². The SMILES string of the molecule is CCCc1nc(C)c(C2(CNC)CCC2)s1. The summed E-state index contributed by atoms with van der Waals surface area (Å²) in [5, 5.41) is 4.69. The van der Waals surface area contributed by atoms with Gasteiger partial charge in [0.2, 0.25) is 0 Å². The quantitative estimate of drug-likeness (QED) is 0.853. The molecule has 1 saturated carbocycles. The van der Waals surface area contributed by atoms with E-state index in [-0.39, 0.29) is 0 Å². The molecule has 16 heavy (non-hydrogen) atoms. The Labute approximate surface area is 102 Å². The first kappa shape index (κ1) is 12.1. The largest absolute Gasteiger partial charge is 0.319 e. The number of likely N-dealkylation sites (N-methyl/N-ethyl adjacent to an activating group) is 1. The van der Waals surface area contributed by atoms with E-state index in [4.69, 9.17) is 4.98 Å². The maximum absolute atomic E-state index is 4.72. The molecular weight excluding hydrogens is 216 g/mol. The maximum Gasteiger partial charge on any atom is 0.0931 e. The lowest BCUT2D eigenvalue weighted by Crippen LogP contribution is -2.42. The molecule has 1 heterocycles. The van der Waals surface area contributed by atoms with Crippen molar-refractivity contribution in [2.24, 2.45) is 0 Å². The number of hydrogen-bond acceptors (Lipinski definition) is 3. The molecule has 0 atom stereocenters. The summed E-state index contributed by atoms with van der Waals surface area (Å²) >= 11 is 1.96. The van der Waals surface area contributed by atoms with E-state index >= 15 is 0 Å². The molecule has 0 amide bonds. The minimum Gasteiger partial charge on any atom is -0.319 e. The average molecular weight is 238 g/mol. The van der Waals surface area contributed by atoms with Gasteiger partial charge in [-0.25, -0.2) is 4.98 Å². The molecule has 1 N–H and O–H groups in total. The number of nitrogens with zero attached hydrogens (tertiary/aromatic N) is 1. The van der Waals surface area contributed by atoms with E-state index in [1.807, 2.05) is 11.3 Å². The Morgan fingerprint density at radius 3 is 2.69 bits per heavy atom. The van der Waals surface area contributed by atoms with Crippen LogP contribution in [0.5, 0.6) is 0 Å². The Kier molecular flexibility index (Phi) is 3.65. The number of nitrogens with one attached hydrogen (secondary N) is 1. The van der Waals surface area contributed by atoms with Gasteiger partial charge in [0.1, 0.15) is 0 Å². The highest BCUT2D eigenvalue weighted by Gasteiger charge is 2.40. The molecule has 1 aromatic heterocycles. The van der Waals surface area contributed by atoms with Crippen molar-refractivity contribution >= 4 is 11.3 Å². The predicted octanol–water partition coefficient (Wildman–Crippen LogP) is 3.05. The zero-order chi connectivity index (χ0) is 11.6. The highest BCUT2D eigenvalue weighted by molar-refractivity contribution is 7.11. The van der Waals surface area contributed by atoms with Crippen LogP contribution in [0, 0.1) is 6.92 Å². The number of thiazole rings is 1. The Balaban J connectivity index is 2.24. The number of hydrogen-bond donors (Lipinski definition) is 1. The number of aromatic nitrogens is 1. The topological polar surface area (TPSA) is 24.9 Å². The van der Waals surface area contributed by atoms with Gasteiger partial charge in [-0.1, -0.05) is 13.3 Å². The van der Waals surface area contributed by atoms with E-state index in [2.05, 4.69) is 26.2 Å². The summed E-state index contributed by atoms with van der Waals surface area (Å²) in [7, 11) is 2.06. The Bertz CT molecular complexity index is 353. The molecule has 0 aliphatic heterocycles. The van der Waals surface area contributed by atoms with Gasteiger partial charge in [0.05, 0.1) is 10.7 Å². The highest BCUT2D eigenvalue weighted by Crippen LogP contribution is 2.46. The van der Waals surface area contributed by atoms with Gasteiger partial charge in [0.15, 0.2) is 0 Å². The van der Waals surface area contributed by atoms with E-state index in [1.165, 1.54) is 36.4 Å². The standard InChI is InChI=1S/C13H22N2S/c1-4-6-11-15-10(2)12(16-11)13(9-14-3)7-5-8-13/h14H,4-9H2,1-3H3. The van der Waals surface area contributed by atoms with Crippen molar-refractivity contribution in [2.75, 3.05) is 13.6 Å². The first-order valence-corrected chi connectivity index (χ1v) is 7.15. The lowest BCUT2D eigenvalue weighted by molar-refractivity contribution is 0.243. The van der Waals surface area contributed by atoms with Gasteiger partial charge in [0.25, 0.3) is 0 Å². The maximum atomic E-state index is 4.72. The van der Waals surface area contributed by atoms with Gasteiger partial charge < -0.3 is 5.32 Å². The molecule has 90 valence electrons. The molecule has 0 spiro atoms. The minimum atomic E-state index is 0.419. The molecule has 0 saturated heterocycles. The Hall–Kier alpha value is -0.410. The predicted molar refractivity (Wildman–Crippen MR) is 70.3 cm³/mol. The van der Waals surface area contributed by atoms with E-state index in [9.17, 15) is 0 Å². The minimum absolute atomic E-state index is 0.419. The van der Waals surface area contributed by atoms with Crippen molar-refractivity contribution in [3.63, 3.8) is 0 Å². The van der Waals surface area contributed by atoms with Gasteiger partial charge in [-0.2, -0.15) is 0 Å².